The van der Waals surface area contributed by atoms with Crippen LogP contribution in [-0.2, 0) is 16.1 Å². The zero-order valence-electron chi connectivity index (χ0n) is 10.8. The van der Waals surface area contributed by atoms with E-state index in [1.807, 2.05) is 4.90 Å². The number of esters is 1. The van der Waals surface area contributed by atoms with Crippen molar-refractivity contribution in [2.24, 2.45) is 5.92 Å². The number of rotatable bonds is 5. The monoisotopic (exact) mass is 280 g/mol. The van der Waals surface area contributed by atoms with Crippen molar-refractivity contribution < 1.29 is 14.3 Å². The standard InChI is InChI=1S/C13H16N2O3S/c1-18-13(17)10-7-19-11(14-10)6-15(9-4-5-9)12(16)8-2-3-8/h7-9H,2-6H2,1H3. The van der Waals surface area contributed by atoms with E-state index in [1.165, 1.54) is 18.4 Å². The van der Waals surface area contributed by atoms with Crippen molar-refractivity contribution in [1.29, 1.82) is 0 Å². The number of hydrogen-bond acceptors (Lipinski definition) is 5. The lowest BCUT2D eigenvalue weighted by atomic mass is 10.3. The van der Waals surface area contributed by atoms with Crippen molar-refractivity contribution in [3.63, 3.8) is 0 Å². The van der Waals surface area contributed by atoms with Gasteiger partial charge in [-0.05, 0) is 25.7 Å². The predicted octanol–water partition coefficient (Wildman–Crippen LogP) is 1.83. The molecular weight excluding hydrogens is 264 g/mol. The predicted molar refractivity (Wildman–Crippen MR) is 69.7 cm³/mol. The highest BCUT2D eigenvalue weighted by molar-refractivity contribution is 7.09. The molecular formula is C13H16N2O3S. The van der Waals surface area contributed by atoms with E-state index in [9.17, 15) is 9.59 Å². The van der Waals surface area contributed by atoms with Gasteiger partial charge in [-0.3, -0.25) is 4.79 Å². The number of ether oxygens (including phenoxy) is 1. The molecule has 1 aromatic rings. The first-order valence-electron chi connectivity index (χ1n) is 6.52. The molecule has 0 N–H and O–H groups in total. The van der Waals surface area contributed by atoms with E-state index in [0.29, 0.717) is 18.3 Å². The minimum atomic E-state index is -0.422. The Labute approximate surface area is 115 Å². The van der Waals surface area contributed by atoms with Crippen molar-refractivity contribution in [2.45, 2.75) is 38.3 Å². The van der Waals surface area contributed by atoms with Crippen LogP contribution in [0, 0.1) is 5.92 Å². The van der Waals surface area contributed by atoms with Crippen molar-refractivity contribution in [3.8, 4) is 0 Å². The maximum absolute atomic E-state index is 12.2. The van der Waals surface area contributed by atoms with Crippen LogP contribution in [0.1, 0.15) is 41.2 Å². The van der Waals surface area contributed by atoms with E-state index in [1.54, 1.807) is 5.38 Å². The lowest BCUT2D eigenvalue weighted by Gasteiger charge is -2.21. The van der Waals surface area contributed by atoms with Gasteiger partial charge in [0.25, 0.3) is 0 Å². The average molecular weight is 280 g/mol. The smallest absolute Gasteiger partial charge is 0.357 e. The highest BCUT2D eigenvalue weighted by Crippen LogP contribution is 2.37. The third kappa shape index (κ3) is 2.78. The number of carbonyl (C=O) groups is 2. The molecule has 2 aliphatic carbocycles. The summed E-state index contributed by atoms with van der Waals surface area (Å²) in [6.07, 6.45) is 4.22. The summed E-state index contributed by atoms with van der Waals surface area (Å²) < 4.78 is 4.63. The van der Waals surface area contributed by atoms with Crippen LogP contribution in [-0.4, -0.2) is 34.9 Å². The normalized spacial score (nSPS) is 18.2. The minimum absolute atomic E-state index is 0.237. The van der Waals surface area contributed by atoms with Crippen LogP contribution in [0.5, 0.6) is 0 Å². The van der Waals surface area contributed by atoms with E-state index < -0.39 is 5.97 Å². The van der Waals surface area contributed by atoms with Gasteiger partial charge in [0, 0.05) is 17.3 Å². The number of thiazole rings is 1. The Morgan fingerprint density at radius 2 is 2.16 bits per heavy atom. The molecule has 2 aliphatic rings. The Morgan fingerprint density at radius 1 is 1.42 bits per heavy atom. The number of carbonyl (C=O) groups excluding carboxylic acids is 2. The fraction of sp³-hybridized carbons (Fsp3) is 0.615. The van der Waals surface area contributed by atoms with Crippen LogP contribution in [0.15, 0.2) is 5.38 Å². The summed E-state index contributed by atoms with van der Waals surface area (Å²) in [4.78, 5) is 29.7. The molecule has 0 spiro atoms. The Bertz CT molecular complexity index is 506. The van der Waals surface area contributed by atoms with Gasteiger partial charge >= 0.3 is 5.97 Å². The van der Waals surface area contributed by atoms with Crippen LogP contribution < -0.4 is 0 Å². The summed E-state index contributed by atoms with van der Waals surface area (Å²) in [5.74, 6) is 0.0759. The maximum atomic E-state index is 12.2. The van der Waals surface area contributed by atoms with Gasteiger partial charge in [0.1, 0.15) is 5.01 Å². The van der Waals surface area contributed by atoms with E-state index in [4.69, 9.17) is 0 Å². The Hall–Kier alpha value is -1.43. The number of aromatic nitrogens is 1. The molecule has 2 saturated carbocycles. The topological polar surface area (TPSA) is 59.5 Å². The molecule has 102 valence electrons. The summed E-state index contributed by atoms with van der Waals surface area (Å²) in [5.41, 5.74) is 0.331. The van der Waals surface area contributed by atoms with E-state index in [-0.39, 0.29) is 11.8 Å². The highest BCUT2D eigenvalue weighted by Gasteiger charge is 2.40. The highest BCUT2D eigenvalue weighted by atomic mass is 32.1. The van der Waals surface area contributed by atoms with E-state index in [2.05, 4.69) is 9.72 Å². The lowest BCUT2D eigenvalue weighted by molar-refractivity contribution is -0.133. The van der Waals surface area contributed by atoms with Crippen LogP contribution in [0.3, 0.4) is 0 Å². The molecule has 0 aromatic carbocycles. The Balaban J connectivity index is 1.69. The lowest BCUT2D eigenvalue weighted by Crippen LogP contribution is -2.33. The molecule has 1 aromatic heterocycles. The largest absolute Gasteiger partial charge is 0.464 e. The Kier molecular flexibility index (Phi) is 3.26. The molecule has 1 heterocycles. The Morgan fingerprint density at radius 3 is 2.74 bits per heavy atom. The van der Waals surface area contributed by atoms with Crippen LogP contribution in [0.2, 0.25) is 0 Å². The third-order valence-corrected chi connectivity index (χ3v) is 4.28. The maximum Gasteiger partial charge on any atom is 0.357 e. The SMILES string of the molecule is COC(=O)c1csc(CN(C(=O)C2CC2)C2CC2)n1. The van der Waals surface area contributed by atoms with Crippen molar-refractivity contribution in [1.82, 2.24) is 9.88 Å². The van der Waals surface area contributed by atoms with Crippen LogP contribution in [0.25, 0.3) is 0 Å². The molecule has 3 rings (SSSR count). The summed E-state index contributed by atoms with van der Waals surface area (Å²) in [7, 11) is 1.34. The van der Waals surface area contributed by atoms with Crippen LogP contribution >= 0.6 is 11.3 Å². The first-order valence-corrected chi connectivity index (χ1v) is 7.40. The molecule has 1 amide bonds. The number of methoxy groups -OCH3 is 1. The van der Waals surface area contributed by atoms with Gasteiger partial charge in [-0.15, -0.1) is 11.3 Å². The zero-order chi connectivity index (χ0) is 13.4. The van der Waals surface area contributed by atoms with Gasteiger partial charge < -0.3 is 9.64 Å². The summed E-state index contributed by atoms with van der Waals surface area (Å²) in [5, 5.41) is 2.50. The molecule has 0 aliphatic heterocycles. The molecule has 0 atom stereocenters. The molecule has 0 unspecified atom stereocenters. The number of hydrogen-bond donors (Lipinski definition) is 0. The molecule has 0 saturated heterocycles. The van der Waals surface area contributed by atoms with Gasteiger partial charge in [0.2, 0.25) is 5.91 Å². The molecule has 0 bridgehead atoms. The van der Waals surface area contributed by atoms with E-state index in [0.717, 1.165) is 30.7 Å². The fourth-order valence-electron chi connectivity index (χ4n) is 2.07. The fourth-order valence-corrected chi connectivity index (χ4v) is 2.83. The molecule has 2 fully saturated rings. The third-order valence-electron chi connectivity index (χ3n) is 3.45. The second kappa shape index (κ2) is 4.92. The quantitative estimate of drug-likeness (QED) is 0.772. The number of amides is 1. The molecule has 6 heteroatoms. The van der Waals surface area contributed by atoms with Gasteiger partial charge in [0.05, 0.1) is 13.7 Å². The molecule has 19 heavy (non-hydrogen) atoms. The van der Waals surface area contributed by atoms with Gasteiger partial charge in [0.15, 0.2) is 5.69 Å². The van der Waals surface area contributed by atoms with Crippen LogP contribution in [0.4, 0.5) is 0 Å². The number of nitrogens with zero attached hydrogens (tertiary/aromatic N) is 2. The summed E-state index contributed by atoms with van der Waals surface area (Å²) in [6.45, 7) is 0.529. The first kappa shape index (κ1) is 12.6. The van der Waals surface area contributed by atoms with E-state index >= 15 is 0 Å². The first-order chi connectivity index (χ1) is 9.19. The van der Waals surface area contributed by atoms with Crippen molar-refractivity contribution in [2.75, 3.05) is 7.11 Å². The molecule has 5 nitrogen and oxygen atoms in total. The van der Waals surface area contributed by atoms with Crippen molar-refractivity contribution in [3.05, 3.63) is 16.1 Å². The second-order valence-electron chi connectivity index (χ2n) is 5.09. The minimum Gasteiger partial charge on any atom is -0.464 e. The van der Waals surface area contributed by atoms with Gasteiger partial charge in [-0.25, -0.2) is 9.78 Å². The van der Waals surface area contributed by atoms with Gasteiger partial charge in [-0.1, -0.05) is 0 Å². The summed E-state index contributed by atoms with van der Waals surface area (Å²) >= 11 is 1.41. The molecule has 0 radical (unpaired) electrons. The van der Waals surface area contributed by atoms with Crippen molar-refractivity contribution >= 4 is 23.2 Å². The zero-order valence-corrected chi connectivity index (χ0v) is 11.6. The average Bonchev–Trinajstić information content (AvgIpc) is 3.32. The van der Waals surface area contributed by atoms with Gasteiger partial charge in [-0.2, -0.15) is 0 Å². The summed E-state index contributed by atoms with van der Waals surface area (Å²) in [6, 6.07) is 0.388. The second-order valence-corrected chi connectivity index (χ2v) is 6.03.